The molecule has 112 valence electrons. The van der Waals surface area contributed by atoms with Gasteiger partial charge in [0.05, 0.1) is 4.90 Å². The number of halogens is 1. The van der Waals surface area contributed by atoms with Gasteiger partial charge in [-0.25, -0.2) is 8.42 Å². The SMILES string of the molecule is O=S(=O)(Nc1ccccc1)c1cc(CCl)c2ccccc2c1. The molecule has 3 nitrogen and oxygen atoms in total. The van der Waals surface area contributed by atoms with E-state index >= 15 is 0 Å². The van der Waals surface area contributed by atoms with Crippen molar-refractivity contribution in [3.05, 3.63) is 72.3 Å². The van der Waals surface area contributed by atoms with Gasteiger partial charge in [-0.15, -0.1) is 11.6 Å². The summed E-state index contributed by atoms with van der Waals surface area (Å²) in [7, 11) is -3.65. The van der Waals surface area contributed by atoms with Crippen LogP contribution in [-0.4, -0.2) is 8.42 Å². The first-order chi connectivity index (χ1) is 10.6. The molecule has 0 aromatic heterocycles. The van der Waals surface area contributed by atoms with Gasteiger partial charge >= 0.3 is 0 Å². The van der Waals surface area contributed by atoms with Crippen molar-refractivity contribution < 1.29 is 8.42 Å². The number of nitrogens with one attached hydrogen (secondary N) is 1. The Balaban J connectivity index is 2.09. The van der Waals surface area contributed by atoms with Crippen molar-refractivity contribution in [2.75, 3.05) is 4.72 Å². The van der Waals surface area contributed by atoms with E-state index in [0.29, 0.717) is 5.69 Å². The summed E-state index contributed by atoms with van der Waals surface area (Å²) in [6, 6.07) is 19.7. The van der Waals surface area contributed by atoms with E-state index in [0.717, 1.165) is 16.3 Å². The average Bonchev–Trinajstić information content (AvgIpc) is 2.54. The van der Waals surface area contributed by atoms with Crippen LogP contribution in [0.2, 0.25) is 0 Å². The molecular weight excluding hydrogens is 318 g/mol. The van der Waals surface area contributed by atoms with E-state index < -0.39 is 10.0 Å². The van der Waals surface area contributed by atoms with Gasteiger partial charge in [-0.2, -0.15) is 0 Å². The minimum Gasteiger partial charge on any atom is -0.280 e. The fourth-order valence-corrected chi connectivity index (χ4v) is 3.71. The number of hydrogen-bond acceptors (Lipinski definition) is 2. The van der Waals surface area contributed by atoms with Crippen LogP contribution in [0.15, 0.2) is 71.6 Å². The number of hydrogen-bond donors (Lipinski definition) is 1. The Bertz CT molecular complexity index is 908. The Morgan fingerprint density at radius 3 is 2.32 bits per heavy atom. The Kier molecular flexibility index (Phi) is 4.05. The highest BCUT2D eigenvalue weighted by molar-refractivity contribution is 7.92. The predicted octanol–water partition coefficient (Wildman–Crippen LogP) is 4.38. The summed E-state index contributed by atoms with van der Waals surface area (Å²) in [5.74, 6) is 0.259. The molecule has 0 spiro atoms. The van der Waals surface area contributed by atoms with E-state index in [1.807, 2.05) is 30.3 Å². The third kappa shape index (κ3) is 2.93. The summed E-state index contributed by atoms with van der Waals surface area (Å²) in [5, 5.41) is 1.82. The van der Waals surface area contributed by atoms with Crippen molar-refractivity contribution in [1.29, 1.82) is 0 Å². The molecule has 0 bridgehead atoms. The third-order valence-electron chi connectivity index (χ3n) is 3.40. The number of benzene rings is 3. The van der Waals surface area contributed by atoms with Crippen LogP contribution >= 0.6 is 11.6 Å². The van der Waals surface area contributed by atoms with E-state index in [2.05, 4.69) is 4.72 Å². The summed E-state index contributed by atoms with van der Waals surface area (Å²) in [4.78, 5) is 0.214. The highest BCUT2D eigenvalue weighted by atomic mass is 35.5. The van der Waals surface area contributed by atoms with Crippen LogP contribution in [0.4, 0.5) is 5.69 Å². The monoisotopic (exact) mass is 331 g/mol. The van der Waals surface area contributed by atoms with Gasteiger partial charge in [0.15, 0.2) is 0 Å². The van der Waals surface area contributed by atoms with Crippen LogP contribution in [0.3, 0.4) is 0 Å². The van der Waals surface area contributed by atoms with Crippen LogP contribution in [0.5, 0.6) is 0 Å². The highest BCUT2D eigenvalue weighted by Gasteiger charge is 2.16. The molecule has 0 amide bonds. The molecule has 0 radical (unpaired) electrons. The molecule has 0 aliphatic heterocycles. The summed E-state index contributed by atoms with van der Waals surface area (Å²) >= 11 is 5.97. The van der Waals surface area contributed by atoms with Crippen LogP contribution in [0.25, 0.3) is 10.8 Å². The van der Waals surface area contributed by atoms with Gasteiger partial charge in [0.25, 0.3) is 10.0 Å². The molecule has 0 saturated carbocycles. The number of anilines is 1. The van der Waals surface area contributed by atoms with Crippen molar-refractivity contribution in [2.24, 2.45) is 0 Å². The molecule has 0 saturated heterocycles. The number of rotatable bonds is 4. The molecule has 0 aliphatic rings. The summed E-state index contributed by atoms with van der Waals surface area (Å²) in [5.41, 5.74) is 1.33. The summed E-state index contributed by atoms with van der Waals surface area (Å²) in [6.07, 6.45) is 0. The number of fused-ring (bicyclic) bond motifs is 1. The Hall–Kier alpha value is -2.04. The van der Waals surface area contributed by atoms with Gasteiger partial charge in [0, 0.05) is 11.6 Å². The molecule has 0 fully saturated rings. The molecule has 1 N–H and O–H groups in total. The summed E-state index contributed by atoms with van der Waals surface area (Å²) < 4.78 is 27.7. The molecule has 3 aromatic rings. The normalized spacial score (nSPS) is 11.5. The average molecular weight is 332 g/mol. The molecule has 0 atom stereocenters. The number of sulfonamides is 1. The standard InChI is InChI=1S/C17H14ClNO2S/c18-12-14-11-16(10-13-6-4-5-9-17(13)14)22(20,21)19-15-7-2-1-3-8-15/h1-11,19H,12H2. The van der Waals surface area contributed by atoms with Crippen molar-refractivity contribution >= 4 is 38.1 Å². The Morgan fingerprint density at radius 2 is 1.59 bits per heavy atom. The van der Waals surface area contributed by atoms with Gasteiger partial charge < -0.3 is 0 Å². The lowest BCUT2D eigenvalue weighted by molar-refractivity contribution is 0.601. The Morgan fingerprint density at radius 1 is 0.909 bits per heavy atom. The van der Waals surface area contributed by atoms with Crippen LogP contribution in [0, 0.1) is 0 Å². The maximum atomic E-state index is 12.6. The van der Waals surface area contributed by atoms with Gasteiger partial charge in [0.2, 0.25) is 0 Å². The first kappa shape index (κ1) is 14.9. The van der Waals surface area contributed by atoms with Crippen molar-refractivity contribution in [1.82, 2.24) is 0 Å². The largest absolute Gasteiger partial charge is 0.280 e. The maximum Gasteiger partial charge on any atom is 0.261 e. The van der Waals surface area contributed by atoms with Gasteiger partial charge in [-0.05, 0) is 40.6 Å². The quantitative estimate of drug-likeness (QED) is 0.721. The minimum absolute atomic E-state index is 0.214. The lowest BCUT2D eigenvalue weighted by atomic mass is 10.1. The van der Waals surface area contributed by atoms with E-state index in [1.165, 1.54) is 0 Å². The lowest BCUT2D eigenvalue weighted by Crippen LogP contribution is -2.13. The highest BCUT2D eigenvalue weighted by Crippen LogP contribution is 2.26. The van der Waals surface area contributed by atoms with Gasteiger partial charge in [-0.3, -0.25) is 4.72 Å². The third-order valence-corrected chi connectivity index (χ3v) is 5.05. The van der Waals surface area contributed by atoms with Crippen molar-refractivity contribution in [3.8, 4) is 0 Å². The predicted molar refractivity (Wildman–Crippen MR) is 90.8 cm³/mol. The zero-order valence-electron chi connectivity index (χ0n) is 11.7. The first-order valence-corrected chi connectivity index (χ1v) is 8.77. The zero-order valence-corrected chi connectivity index (χ0v) is 13.2. The molecule has 5 heteroatoms. The van der Waals surface area contributed by atoms with E-state index in [9.17, 15) is 8.42 Å². The summed E-state index contributed by atoms with van der Waals surface area (Å²) in [6.45, 7) is 0. The van der Waals surface area contributed by atoms with E-state index in [1.54, 1.807) is 36.4 Å². The maximum absolute atomic E-state index is 12.6. The fraction of sp³-hybridized carbons (Fsp3) is 0.0588. The van der Waals surface area contributed by atoms with E-state index in [4.69, 9.17) is 11.6 Å². The zero-order chi connectivity index (χ0) is 15.6. The second-order valence-corrected chi connectivity index (χ2v) is 6.86. The topological polar surface area (TPSA) is 46.2 Å². The van der Waals surface area contributed by atoms with Crippen LogP contribution in [-0.2, 0) is 15.9 Å². The Labute approximate surface area is 134 Å². The first-order valence-electron chi connectivity index (χ1n) is 6.76. The molecule has 0 unspecified atom stereocenters. The molecule has 0 aliphatic carbocycles. The molecular formula is C17H14ClNO2S. The second kappa shape index (κ2) is 5.99. The second-order valence-electron chi connectivity index (χ2n) is 4.91. The minimum atomic E-state index is -3.65. The van der Waals surface area contributed by atoms with Crippen LogP contribution in [0.1, 0.15) is 5.56 Å². The molecule has 0 heterocycles. The van der Waals surface area contributed by atoms with E-state index in [-0.39, 0.29) is 10.8 Å². The molecule has 22 heavy (non-hydrogen) atoms. The van der Waals surface area contributed by atoms with Crippen molar-refractivity contribution in [2.45, 2.75) is 10.8 Å². The number of para-hydroxylation sites is 1. The van der Waals surface area contributed by atoms with Gasteiger partial charge in [-0.1, -0.05) is 42.5 Å². The molecule has 3 aromatic carbocycles. The van der Waals surface area contributed by atoms with Crippen molar-refractivity contribution in [3.63, 3.8) is 0 Å². The smallest absolute Gasteiger partial charge is 0.261 e. The lowest BCUT2D eigenvalue weighted by Gasteiger charge is -2.11. The fourth-order valence-electron chi connectivity index (χ4n) is 2.35. The van der Waals surface area contributed by atoms with Crippen LogP contribution < -0.4 is 4.72 Å². The molecule has 3 rings (SSSR count). The number of alkyl halides is 1. The van der Waals surface area contributed by atoms with Gasteiger partial charge in [0.1, 0.15) is 0 Å².